The van der Waals surface area contributed by atoms with E-state index in [1.54, 1.807) is 0 Å². The van der Waals surface area contributed by atoms with E-state index in [-0.39, 0.29) is 10.8 Å². The van der Waals surface area contributed by atoms with Crippen LogP contribution in [-0.2, 0) is 10.8 Å². The van der Waals surface area contributed by atoms with Crippen molar-refractivity contribution in [2.45, 2.75) is 51.4 Å². The molecule has 2 nitrogen and oxygen atoms in total. The molecule has 0 amide bonds. The Morgan fingerprint density at radius 2 is 0.944 bits per heavy atom. The van der Waals surface area contributed by atoms with Gasteiger partial charge in [0.05, 0.1) is 22.1 Å². The first-order valence-electron chi connectivity index (χ1n) is 19.4. The van der Waals surface area contributed by atoms with Crippen LogP contribution in [0.4, 0.5) is 0 Å². The Morgan fingerprint density at radius 1 is 0.407 bits per heavy atom. The van der Waals surface area contributed by atoms with Crippen LogP contribution in [0.3, 0.4) is 0 Å². The highest BCUT2D eigenvalue weighted by Gasteiger charge is 2.38. The first kappa shape index (κ1) is 31.4. The number of para-hydroxylation sites is 2. The van der Waals surface area contributed by atoms with Crippen molar-refractivity contribution in [2.75, 3.05) is 0 Å². The molecule has 1 aliphatic rings. The van der Waals surface area contributed by atoms with Crippen molar-refractivity contribution in [3.05, 3.63) is 169 Å². The van der Waals surface area contributed by atoms with Gasteiger partial charge in [-0.3, -0.25) is 0 Å². The second-order valence-electron chi connectivity index (χ2n) is 16.8. The zero-order valence-corrected chi connectivity index (χ0v) is 31.3. The number of benzene rings is 8. The quantitative estimate of drug-likeness (QED) is 0.174. The monoisotopic (exact) mass is 694 g/mol. The second kappa shape index (κ2) is 11.2. The molecule has 0 spiro atoms. The van der Waals surface area contributed by atoms with Gasteiger partial charge in [0.2, 0.25) is 0 Å². The average molecular weight is 695 g/mol. The summed E-state index contributed by atoms with van der Waals surface area (Å²) in [5.41, 5.74) is 13.0. The highest BCUT2D eigenvalue weighted by molar-refractivity contribution is 6.36. The van der Waals surface area contributed by atoms with Crippen molar-refractivity contribution in [2.24, 2.45) is 0 Å². The third-order valence-corrected chi connectivity index (χ3v) is 12.7. The molecular weight excluding hydrogens is 653 g/mol. The van der Waals surface area contributed by atoms with E-state index in [2.05, 4.69) is 195 Å². The molecule has 0 unspecified atom stereocenters. The molecule has 11 rings (SSSR count). The van der Waals surface area contributed by atoms with Gasteiger partial charge in [0.25, 0.3) is 0 Å². The maximum absolute atomic E-state index is 2.58. The third kappa shape index (κ3) is 4.34. The first-order valence-corrected chi connectivity index (χ1v) is 19.4. The van der Waals surface area contributed by atoms with Crippen molar-refractivity contribution in [1.82, 2.24) is 9.13 Å². The Bertz CT molecular complexity index is 3150. The Hall–Kier alpha value is -6.12. The van der Waals surface area contributed by atoms with Crippen LogP contribution in [0, 0.1) is 0 Å². The van der Waals surface area contributed by atoms with Crippen LogP contribution < -0.4 is 0 Å². The van der Waals surface area contributed by atoms with Crippen molar-refractivity contribution in [3.8, 4) is 22.5 Å². The largest absolute Gasteiger partial charge is 0.307 e. The molecule has 0 radical (unpaired) electrons. The molecule has 0 aliphatic heterocycles. The van der Waals surface area contributed by atoms with Gasteiger partial charge in [-0.05, 0) is 110 Å². The van der Waals surface area contributed by atoms with Crippen LogP contribution >= 0.6 is 0 Å². The molecule has 0 atom stereocenters. The molecule has 0 N–H and O–H groups in total. The number of aromatic nitrogens is 2. The zero-order chi connectivity index (χ0) is 36.3. The molecule has 0 saturated carbocycles. The predicted molar refractivity (Wildman–Crippen MR) is 231 cm³/mol. The highest BCUT2D eigenvalue weighted by atomic mass is 15.0. The summed E-state index contributed by atoms with van der Waals surface area (Å²) in [6.45, 7) is 9.77. The lowest BCUT2D eigenvalue weighted by molar-refractivity contribution is 0.332. The van der Waals surface area contributed by atoms with Crippen LogP contribution in [0.25, 0.3) is 87.7 Å². The van der Waals surface area contributed by atoms with Crippen molar-refractivity contribution in [1.29, 1.82) is 0 Å². The number of hydrogen-bond donors (Lipinski definition) is 0. The minimum atomic E-state index is 0.0886. The van der Waals surface area contributed by atoms with E-state index in [0.717, 1.165) is 5.69 Å². The lowest BCUT2D eigenvalue weighted by Gasteiger charge is -2.42. The molecule has 2 heteroatoms. The van der Waals surface area contributed by atoms with Gasteiger partial charge in [-0.15, -0.1) is 0 Å². The van der Waals surface area contributed by atoms with E-state index >= 15 is 0 Å². The average Bonchev–Trinajstić information content (AvgIpc) is 3.73. The summed E-state index contributed by atoms with van der Waals surface area (Å²) in [6.07, 6.45) is 2.36. The van der Waals surface area contributed by atoms with Crippen LogP contribution in [-0.4, -0.2) is 9.13 Å². The maximum atomic E-state index is 2.58. The highest BCUT2D eigenvalue weighted by Crippen LogP contribution is 2.51. The van der Waals surface area contributed by atoms with Gasteiger partial charge in [0, 0.05) is 32.9 Å². The van der Waals surface area contributed by atoms with Crippen LogP contribution in [0.2, 0.25) is 0 Å². The lowest BCUT2D eigenvalue weighted by Crippen LogP contribution is -2.33. The fraction of sp³-hybridized carbons (Fsp3) is 0.154. The molecule has 260 valence electrons. The summed E-state index contributed by atoms with van der Waals surface area (Å²) in [7, 11) is 0. The molecule has 0 bridgehead atoms. The van der Waals surface area contributed by atoms with Gasteiger partial charge in [-0.2, -0.15) is 0 Å². The molecule has 2 aromatic heterocycles. The van der Waals surface area contributed by atoms with E-state index in [1.165, 1.54) is 106 Å². The molecule has 0 fully saturated rings. The molecule has 8 aromatic carbocycles. The van der Waals surface area contributed by atoms with Gasteiger partial charge in [0.15, 0.2) is 0 Å². The zero-order valence-electron chi connectivity index (χ0n) is 31.3. The summed E-state index contributed by atoms with van der Waals surface area (Å²) in [6, 6.07) is 58.9. The SMILES string of the molecule is CC1(C)CCC(C)(C)c2cc3c(cc21)c1c2ccccc2c2c4ccccc4n(-c4cccc(-c5cccc6ccccc56)c4)c2c1n3-c1ccccc1. The van der Waals surface area contributed by atoms with Crippen molar-refractivity contribution in [3.63, 3.8) is 0 Å². The smallest absolute Gasteiger partial charge is 0.0795 e. The number of rotatable bonds is 3. The number of fused-ring (bicyclic) bond motifs is 12. The van der Waals surface area contributed by atoms with Crippen LogP contribution in [0.1, 0.15) is 51.7 Å². The van der Waals surface area contributed by atoms with E-state index < -0.39 is 0 Å². The Balaban J connectivity index is 1.37. The van der Waals surface area contributed by atoms with Crippen molar-refractivity contribution >= 4 is 65.2 Å². The Labute approximate surface area is 315 Å². The summed E-state index contributed by atoms with van der Waals surface area (Å²) in [5.74, 6) is 0. The molecule has 1 aliphatic carbocycles. The molecule has 10 aromatic rings. The van der Waals surface area contributed by atoms with Gasteiger partial charge in [-0.25, -0.2) is 0 Å². The predicted octanol–water partition coefficient (Wildman–Crippen LogP) is 14.2. The first-order chi connectivity index (χ1) is 26.3. The molecular formula is C52H42N2. The standard InChI is InChI=1S/C52H42N2/c1-51(2)28-29-52(3,4)44-32-46-42(31-43(44)51)48-40-24-11-10-23-39(40)47-41-25-12-13-27-45(41)54(49(47)50(48)53(46)35-19-6-5-7-20-35)36-21-14-18-34(30-36)38-26-15-17-33-16-8-9-22-37(33)38/h5-27,30-32H,28-29H2,1-4H3. The maximum Gasteiger partial charge on any atom is 0.0795 e. The van der Waals surface area contributed by atoms with Crippen LogP contribution in [0.5, 0.6) is 0 Å². The van der Waals surface area contributed by atoms with Gasteiger partial charge < -0.3 is 9.13 Å². The summed E-state index contributed by atoms with van der Waals surface area (Å²) < 4.78 is 5.14. The minimum absolute atomic E-state index is 0.0886. The van der Waals surface area contributed by atoms with Crippen molar-refractivity contribution < 1.29 is 0 Å². The third-order valence-electron chi connectivity index (χ3n) is 12.7. The normalized spacial score (nSPS) is 15.2. The van der Waals surface area contributed by atoms with E-state index in [1.807, 2.05) is 0 Å². The fourth-order valence-electron chi connectivity index (χ4n) is 9.90. The number of hydrogen-bond acceptors (Lipinski definition) is 0. The topological polar surface area (TPSA) is 9.86 Å². The van der Waals surface area contributed by atoms with Gasteiger partial charge in [0.1, 0.15) is 0 Å². The van der Waals surface area contributed by atoms with E-state index in [4.69, 9.17) is 0 Å². The summed E-state index contributed by atoms with van der Waals surface area (Å²) in [4.78, 5) is 0. The molecule has 2 heterocycles. The van der Waals surface area contributed by atoms with E-state index in [9.17, 15) is 0 Å². The lowest BCUT2D eigenvalue weighted by atomic mass is 9.63. The second-order valence-corrected chi connectivity index (χ2v) is 16.8. The molecule has 0 saturated heterocycles. The number of nitrogens with zero attached hydrogens (tertiary/aromatic N) is 2. The van der Waals surface area contributed by atoms with Gasteiger partial charge in [-0.1, -0.05) is 143 Å². The fourth-order valence-corrected chi connectivity index (χ4v) is 9.90. The van der Waals surface area contributed by atoms with E-state index in [0.29, 0.717) is 0 Å². The van der Waals surface area contributed by atoms with Gasteiger partial charge >= 0.3 is 0 Å². The summed E-state index contributed by atoms with van der Waals surface area (Å²) in [5, 5.41) is 10.4. The minimum Gasteiger partial charge on any atom is -0.307 e. The Kier molecular flexibility index (Phi) is 6.51. The summed E-state index contributed by atoms with van der Waals surface area (Å²) >= 11 is 0. The molecule has 54 heavy (non-hydrogen) atoms. The Morgan fingerprint density at radius 3 is 1.69 bits per heavy atom. The van der Waals surface area contributed by atoms with Crippen LogP contribution in [0.15, 0.2) is 158 Å².